The van der Waals surface area contributed by atoms with E-state index in [9.17, 15) is 17.6 Å². The lowest BCUT2D eigenvalue weighted by Crippen LogP contribution is -2.16. The molecule has 0 bridgehead atoms. The number of carbonyl (C=O) groups is 1. The molecule has 1 fully saturated rings. The Bertz CT molecular complexity index is 1140. The van der Waals surface area contributed by atoms with Gasteiger partial charge in [-0.3, -0.25) is 14.5 Å². The van der Waals surface area contributed by atoms with Crippen molar-refractivity contribution < 1.29 is 17.6 Å². The predicted octanol–water partition coefficient (Wildman–Crippen LogP) is 4.05. The van der Waals surface area contributed by atoms with E-state index >= 15 is 0 Å². The molecule has 1 aromatic heterocycles. The maximum Gasteiger partial charge on any atom is 0.232 e. The molecule has 0 atom stereocenters. The van der Waals surface area contributed by atoms with Gasteiger partial charge in [-0.15, -0.1) is 0 Å². The molecule has 0 spiro atoms. The van der Waals surface area contributed by atoms with Crippen LogP contribution in [0.2, 0.25) is 0 Å². The van der Waals surface area contributed by atoms with Crippen molar-refractivity contribution in [3.63, 3.8) is 0 Å². The number of hydrogen-bond acceptors (Lipinski definition) is 4. The number of anilines is 1. The molecule has 0 amide bonds. The number of fused-ring (bicyclic) bond motifs is 1. The van der Waals surface area contributed by atoms with Crippen LogP contribution in [0.3, 0.4) is 0 Å². The molecule has 1 heterocycles. The Kier molecular flexibility index (Phi) is 5.02. The second kappa shape index (κ2) is 7.37. The number of rotatable bonds is 7. The van der Waals surface area contributed by atoms with Crippen LogP contribution in [0.15, 0.2) is 24.3 Å². The van der Waals surface area contributed by atoms with Gasteiger partial charge in [0, 0.05) is 30.0 Å². The van der Waals surface area contributed by atoms with E-state index in [0.717, 1.165) is 29.7 Å². The highest BCUT2D eigenvalue weighted by Gasteiger charge is 2.30. The van der Waals surface area contributed by atoms with Crippen LogP contribution in [-0.4, -0.2) is 24.9 Å². The number of nitrogens with one attached hydrogen (secondary N) is 1. The third-order valence-corrected chi connectivity index (χ3v) is 6.79. The zero-order chi connectivity index (χ0) is 20.8. The fraction of sp³-hybridized carbons (Fsp3) is 0.364. The first-order valence-electron chi connectivity index (χ1n) is 9.81. The van der Waals surface area contributed by atoms with Crippen LogP contribution < -0.4 is 4.72 Å². The highest BCUT2D eigenvalue weighted by molar-refractivity contribution is 7.92. The van der Waals surface area contributed by atoms with E-state index in [0.29, 0.717) is 29.7 Å². The van der Waals surface area contributed by atoms with Crippen molar-refractivity contribution >= 4 is 27.6 Å². The fourth-order valence-corrected chi connectivity index (χ4v) is 4.27. The molecule has 1 aromatic carbocycles. The predicted molar refractivity (Wildman–Crippen MR) is 112 cm³/mol. The molecule has 7 heteroatoms. The SMILES string of the molecule is CCS(=O)(=O)Nc1ccc(-c2cc(CC(=O)C3CC3)nc3c2C=CC3)c(C)c1F. The van der Waals surface area contributed by atoms with E-state index in [1.54, 1.807) is 13.0 Å². The van der Waals surface area contributed by atoms with Gasteiger partial charge in [-0.25, -0.2) is 12.8 Å². The van der Waals surface area contributed by atoms with Gasteiger partial charge in [0.25, 0.3) is 0 Å². The number of allylic oxidation sites excluding steroid dienone is 1. The normalized spacial score (nSPS) is 15.4. The number of nitrogens with zero attached hydrogens (tertiary/aromatic N) is 1. The largest absolute Gasteiger partial charge is 0.299 e. The first-order chi connectivity index (χ1) is 13.8. The van der Waals surface area contributed by atoms with Crippen molar-refractivity contribution in [1.82, 2.24) is 4.98 Å². The number of pyridine rings is 1. The number of sulfonamides is 1. The van der Waals surface area contributed by atoms with Gasteiger partial charge in [0.2, 0.25) is 10.0 Å². The molecule has 4 rings (SSSR count). The summed E-state index contributed by atoms with van der Waals surface area (Å²) in [5, 5.41) is 0. The van der Waals surface area contributed by atoms with Gasteiger partial charge in [-0.2, -0.15) is 0 Å². The molecule has 29 heavy (non-hydrogen) atoms. The van der Waals surface area contributed by atoms with Gasteiger partial charge in [0.05, 0.1) is 17.1 Å². The molecule has 0 unspecified atom stereocenters. The average Bonchev–Trinajstić information content (AvgIpc) is 3.43. The zero-order valence-electron chi connectivity index (χ0n) is 16.5. The van der Waals surface area contributed by atoms with E-state index in [1.807, 2.05) is 18.2 Å². The highest BCUT2D eigenvalue weighted by Crippen LogP contribution is 2.37. The van der Waals surface area contributed by atoms with Crippen molar-refractivity contribution in [2.75, 3.05) is 10.5 Å². The Morgan fingerprint density at radius 1 is 1.28 bits per heavy atom. The second-order valence-electron chi connectivity index (χ2n) is 7.65. The lowest BCUT2D eigenvalue weighted by Gasteiger charge is -2.16. The van der Waals surface area contributed by atoms with E-state index < -0.39 is 15.8 Å². The van der Waals surface area contributed by atoms with Crippen molar-refractivity contribution in [1.29, 1.82) is 0 Å². The van der Waals surface area contributed by atoms with Crippen LogP contribution >= 0.6 is 0 Å². The molecule has 0 radical (unpaired) electrons. The monoisotopic (exact) mass is 414 g/mol. The van der Waals surface area contributed by atoms with Crippen molar-refractivity contribution in [2.24, 2.45) is 5.92 Å². The van der Waals surface area contributed by atoms with Crippen molar-refractivity contribution in [3.8, 4) is 11.1 Å². The Balaban J connectivity index is 1.75. The molecule has 1 saturated carbocycles. The standard InChI is InChI=1S/C22H23FN2O3S/c1-3-29(27,28)25-20-10-9-16(13(2)22(20)23)18-11-15(12-21(26)14-7-8-14)24-19-6-4-5-17(18)19/h4-5,9-11,14,25H,3,6-8,12H2,1-2H3. The molecule has 1 N–H and O–H groups in total. The van der Waals surface area contributed by atoms with Crippen molar-refractivity contribution in [2.45, 2.75) is 39.5 Å². The highest BCUT2D eigenvalue weighted by atomic mass is 32.2. The van der Waals surface area contributed by atoms with Gasteiger partial charge in [-0.1, -0.05) is 18.2 Å². The molecule has 0 saturated heterocycles. The molecule has 0 aliphatic heterocycles. The molecule has 2 aromatic rings. The molecule has 2 aliphatic carbocycles. The van der Waals surface area contributed by atoms with E-state index in [4.69, 9.17) is 0 Å². The summed E-state index contributed by atoms with van der Waals surface area (Å²) in [6.45, 7) is 3.13. The molecule has 5 nitrogen and oxygen atoms in total. The van der Waals surface area contributed by atoms with Crippen LogP contribution in [0.4, 0.5) is 10.1 Å². The summed E-state index contributed by atoms with van der Waals surface area (Å²) in [5.41, 5.74) is 4.31. The third kappa shape index (κ3) is 3.96. The first kappa shape index (κ1) is 19.8. The van der Waals surface area contributed by atoms with Gasteiger partial charge >= 0.3 is 0 Å². The lowest BCUT2D eigenvalue weighted by molar-refractivity contribution is -0.119. The van der Waals surface area contributed by atoms with Gasteiger partial charge in [0.15, 0.2) is 5.82 Å². The third-order valence-electron chi connectivity index (χ3n) is 5.50. The molecule has 2 aliphatic rings. The number of ketones is 1. The van der Waals surface area contributed by atoms with Crippen LogP contribution in [0.5, 0.6) is 0 Å². The quantitative estimate of drug-likeness (QED) is 0.742. The molecule has 152 valence electrons. The summed E-state index contributed by atoms with van der Waals surface area (Å²) in [6, 6.07) is 5.04. The summed E-state index contributed by atoms with van der Waals surface area (Å²) >= 11 is 0. The lowest BCUT2D eigenvalue weighted by atomic mass is 9.94. The summed E-state index contributed by atoms with van der Waals surface area (Å²) < 4.78 is 40.9. The zero-order valence-corrected chi connectivity index (χ0v) is 17.3. The summed E-state index contributed by atoms with van der Waals surface area (Å²) in [6.07, 6.45) is 6.86. The minimum Gasteiger partial charge on any atom is -0.299 e. The summed E-state index contributed by atoms with van der Waals surface area (Å²) in [5.74, 6) is -0.352. The van der Waals surface area contributed by atoms with Crippen LogP contribution in [0.1, 0.15) is 42.3 Å². The minimum atomic E-state index is -3.57. The van der Waals surface area contributed by atoms with Gasteiger partial charge < -0.3 is 0 Å². The summed E-state index contributed by atoms with van der Waals surface area (Å²) in [7, 11) is -3.57. The Morgan fingerprint density at radius 2 is 2.03 bits per heavy atom. The number of carbonyl (C=O) groups excluding carboxylic acids is 1. The maximum absolute atomic E-state index is 15.0. The summed E-state index contributed by atoms with van der Waals surface area (Å²) in [4.78, 5) is 16.9. The number of halogens is 1. The number of Topliss-reactive ketones (excluding diaryl/α,β-unsaturated/α-hetero) is 1. The number of benzene rings is 1. The average molecular weight is 415 g/mol. The Morgan fingerprint density at radius 3 is 2.72 bits per heavy atom. The van der Waals surface area contributed by atoms with Crippen LogP contribution in [0, 0.1) is 18.7 Å². The fourth-order valence-electron chi connectivity index (χ4n) is 3.63. The van der Waals surface area contributed by atoms with Gasteiger partial charge in [-0.05, 0) is 55.5 Å². The van der Waals surface area contributed by atoms with E-state index in [2.05, 4.69) is 9.71 Å². The van der Waals surface area contributed by atoms with E-state index in [-0.39, 0.29) is 23.1 Å². The Labute approximate surface area is 170 Å². The number of hydrogen-bond donors (Lipinski definition) is 1. The van der Waals surface area contributed by atoms with E-state index in [1.165, 1.54) is 13.0 Å². The topological polar surface area (TPSA) is 76.1 Å². The van der Waals surface area contributed by atoms with Gasteiger partial charge in [0.1, 0.15) is 5.78 Å². The van der Waals surface area contributed by atoms with Crippen molar-refractivity contribution in [3.05, 3.63) is 52.6 Å². The minimum absolute atomic E-state index is 0.0570. The molecular weight excluding hydrogens is 391 g/mol. The smallest absolute Gasteiger partial charge is 0.232 e. The number of aromatic nitrogens is 1. The Hall–Kier alpha value is -2.54. The second-order valence-corrected chi connectivity index (χ2v) is 9.66. The maximum atomic E-state index is 15.0. The first-order valence-corrected chi connectivity index (χ1v) is 11.5. The van der Waals surface area contributed by atoms with Crippen LogP contribution in [0.25, 0.3) is 17.2 Å². The molecular formula is C22H23FN2O3S. The van der Waals surface area contributed by atoms with Crippen LogP contribution in [-0.2, 0) is 27.7 Å².